The molecule has 42 valence electrons. The van der Waals surface area contributed by atoms with Crippen molar-refractivity contribution in [2.75, 3.05) is 0 Å². The van der Waals surface area contributed by atoms with Crippen LogP contribution in [0.3, 0.4) is 0 Å². The van der Waals surface area contributed by atoms with Crippen LogP contribution in [0.25, 0.3) is 0 Å². The first-order valence-corrected chi connectivity index (χ1v) is 3.92. The van der Waals surface area contributed by atoms with Crippen LogP contribution in [0.2, 0.25) is 0 Å². The number of rotatable bonds is 0. The smallest absolute Gasteiger partial charge is 0.0546 e. The summed E-state index contributed by atoms with van der Waals surface area (Å²) in [5, 5.41) is 0. The molecule has 0 amide bonds. The predicted molar refractivity (Wildman–Crippen MR) is 30.7 cm³/mol. The summed E-state index contributed by atoms with van der Waals surface area (Å²) in [6.45, 7) is 0. The molecular formula is C7H7Cl. The molecule has 0 spiro atoms. The largest absolute Gasteiger partial charge is 0.118 e. The van der Waals surface area contributed by atoms with Crippen molar-refractivity contribution in [2.24, 2.45) is 29.6 Å². The zero-order valence-corrected chi connectivity index (χ0v) is 5.23. The summed E-state index contributed by atoms with van der Waals surface area (Å²) in [7, 11) is 0. The number of hydrogen-bond acceptors (Lipinski definition) is 0. The van der Waals surface area contributed by atoms with Gasteiger partial charge in [0.1, 0.15) is 0 Å². The molecule has 8 heavy (non-hydrogen) atoms. The molecule has 0 nitrogen and oxygen atoms in total. The second-order valence-electron chi connectivity index (χ2n) is 3.96. The van der Waals surface area contributed by atoms with Crippen LogP contribution >= 0.6 is 11.6 Å². The van der Waals surface area contributed by atoms with Crippen LogP contribution in [-0.4, -0.2) is 4.87 Å². The van der Waals surface area contributed by atoms with Crippen molar-refractivity contribution in [3.05, 3.63) is 0 Å². The molecule has 6 atom stereocenters. The Labute approximate surface area is 53.2 Å². The van der Waals surface area contributed by atoms with E-state index in [1.807, 2.05) is 0 Å². The number of halogens is 1. The van der Waals surface area contributed by atoms with Gasteiger partial charge in [-0.3, -0.25) is 0 Å². The fourth-order valence-electron chi connectivity index (χ4n) is 3.83. The van der Waals surface area contributed by atoms with E-state index in [1.54, 1.807) is 0 Å². The summed E-state index contributed by atoms with van der Waals surface area (Å²) >= 11 is 6.26. The fourth-order valence-corrected chi connectivity index (χ4v) is 4.59. The maximum absolute atomic E-state index is 6.26. The number of hydrogen-bond donors (Lipinski definition) is 0. The molecule has 6 unspecified atom stereocenters. The minimum atomic E-state index is 0.426. The van der Waals surface area contributed by atoms with E-state index in [4.69, 9.17) is 11.6 Å². The molecule has 5 aliphatic carbocycles. The molecule has 5 aliphatic rings. The van der Waals surface area contributed by atoms with E-state index in [2.05, 4.69) is 0 Å². The first-order valence-electron chi connectivity index (χ1n) is 3.54. The van der Waals surface area contributed by atoms with Gasteiger partial charge in [0.25, 0.3) is 0 Å². The van der Waals surface area contributed by atoms with Crippen LogP contribution in [-0.2, 0) is 0 Å². The molecule has 0 aromatic heterocycles. The van der Waals surface area contributed by atoms with Crippen LogP contribution in [0.15, 0.2) is 0 Å². The monoisotopic (exact) mass is 126 g/mol. The summed E-state index contributed by atoms with van der Waals surface area (Å²) < 4.78 is 0. The normalized spacial score (nSPS) is 94.9. The number of alkyl halides is 1. The molecular weight excluding hydrogens is 120 g/mol. The molecule has 0 aromatic rings. The van der Waals surface area contributed by atoms with E-state index >= 15 is 0 Å². The van der Waals surface area contributed by atoms with Gasteiger partial charge in [-0.25, -0.2) is 0 Å². The first kappa shape index (κ1) is 3.46. The molecule has 0 heterocycles. The summed E-state index contributed by atoms with van der Waals surface area (Å²) in [6.07, 6.45) is 1.50. The summed E-state index contributed by atoms with van der Waals surface area (Å²) in [5.74, 6) is 5.34. The van der Waals surface area contributed by atoms with E-state index in [0.29, 0.717) is 4.87 Å². The highest BCUT2D eigenvalue weighted by Crippen LogP contribution is 2.96. The van der Waals surface area contributed by atoms with Gasteiger partial charge in [0.2, 0.25) is 0 Å². The summed E-state index contributed by atoms with van der Waals surface area (Å²) in [4.78, 5) is 0.426. The summed E-state index contributed by atoms with van der Waals surface area (Å²) in [6, 6.07) is 0. The lowest BCUT2D eigenvalue weighted by Gasteiger charge is -2.15. The van der Waals surface area contributed by atoms with Gasteiger partial charge in [-0.05, 0) is 36.0 Å². The van der Waals surface area contributed by atoms with E-state index in [0.717, 1.165) is 29.6 Å². The van der Waals surface area contributed by atoms with Crippen LogP contribution in [0, 0.1) is 29.6 Å². The predicted octanol–water partition coefficient (Wildman–Crippen LogP) is 1.49. The summed E-state index contributed by atoms with van der Waals surface area (Å²) in [5.41, 5.74) is 0. The van der Waals surface area contributed by atoms with E-state index in [1.165, 1.54) is 6.42 Å². The van der Waals surface area contributed by atoms with Crippen molar-refractivity contribution >= 4 is 11.6 Å². The van der Waals surface area contributed by atoms with E-state index in [9.17, 15) is 0 Å². The average Bonchev–Trinajstić information content (AvgIpc) is 2.37. The molecule has 0 radical (unpaired) electrons. The quantitative estimate of drug-likeness (QED) is 0.432. The van der Waals surface area contributed by atoms with Gasteiger partial charge in [-0.1, -0.05) is 0 Å². The highest BCUT2D eigenvalue weighted by atomic mass is 35.5. The van der Waals surface area contributed by atoms with Gasteiger partial charge < -0.3 is 0 Å². The standard InChI is InChI=1S/C7H7Cl/c8-7-3-1-2-4(5(2)7)6(3)7/h2-6H,1H2. The minimum Gasteiger partial charge on any atom is -0.118 e. The molecule has 2 bridgehead atoms. The van der Waals surface area contributed by atoms with Crippen LogP contribution in [0.1, 0.15) is 6.42 Å². The molecule has 5 rings (SSSR count). The SMILES string of the molecule is ClC12C3CC4C(C41)C32. The third kappa shape index (κ3) is 0.120. The molecule has 0 aromatic carbocycles. The maximum Gasteiger partial charge on any atom is 0.0546 e. The lowest BCUT2D eigenvalue weighted by molar-refractivity contribution is 0.461. The van der Waals surface area contributed by atoms with Crippen molar-refractivity contribution in [1.29, 1.82) is 0 Å². The topological polar surface area (TPSA) is 0 Å². The second kappa shape index (κ2) is 0.581. The van der Waals surface area contributed by atoms with E-state index < -0.39 is 0 Å². The van der Waals surface area contributed by atoms with Crippen molar-refractivity contribution in [3.8, 4) is 0 Å². The van der Waals surface area contributed by atoms with Crippen molar-refractivity contribution in [3.63, 3.8) is 0 Å². The Morgan fingerprint density at radius 2 is 2.25 bits per heavy atom. The molecule has 0 saturated heterocycles. The van der Waals surface area contributed by atoms with Crippen LogP contribution < -0.4 is 0 Å². The lowest BCUT2D eigenvalue weighted by atomic mass is 10.0. The third-order valence-electron chi connectivity index (χ3n) is 4.08. The van der Waals surface area contributed by atoms with Gasteiger partial charge >= 0.3 is 0 Å². The Bertz CT molecular complexity index is 180. The van der Waals surface area contributed by atoms with Crippen LogP contribution in [0.4, 0.5) is 0 Å². The Morgan fingerprint density at radius 3 is 2.38 bits per heavy atom. The fraction of sp³-hybridized carbons (Fsp3) is 1.00. The highest BCUT2D eigenvalue weighted by molar-refractivity contribution is 6.29. The third-order valence-corrected chi connectivity index (χ3v) is 4.87. The van der Waals surface area contributed by atoms with Gasteiger partial charge in [-0.2, -0.15) is 0 Å². The van der Waals surface area contributed by atoms with Gasteiger partial charge in [0, 0.05) is 0 Å². The minimum absolute atomic E-state index is 0.426. The van der Waals surface area contributed by atoms with Crippen LogP contribution in [0.5, 0.6) is 0 Å². The highest BCUT2D eigenvalue weighted by Gasteiger charge is 2.96. The first-order chi connectivity index (χ1) is 3.85. The van der Waals surface area contributed by atoms with Crippen molar-refractivity contribution < 1.29 is 0 Å². The Kier molecular flexibility index (Phi) is 0.251. The van der Waals surface area contributed by atoms with Crippen molar-refractivity contribution in [2.45, 2.75) is 11.3 Å². The zero-order chi connectivity index (χ0) is 5.09. The van der Waals surface area contributed by atoms with Crippen molar-refractivity contribution in [1.82, 2.24) is 0 Å². The maximum atomic E-state index is 6.26. The van der Waals surface area contributed by atoms with E-state index in [-0.39, 0.29) is 0 Å². The van der Waals surface area contributed by atoms with Gasteiger partial charge in [0.05, 0.1) is 4.87 Å². The Hall–Kier alpha value is 0.290. The molecule has 5 fully saturated rings. The molecule has 1 heteroatoms. The molecule has 0 aliphatic heterocycles. The van der Waals surface area contributed by atoms with Gasteiger partial charge in [0.15, 0.2) is 0 Å². The molecule has 0 N–H and O–H groups in total. The lowest BCUT2D eigenvalue weighted by Crippen LogP contribution is -2.18. The Balaban J connectivity index is 2.12. The van der Waals surface area contributed by atoms with Gasteiger partial charge in [-0.15, -0.1) is 11.6 Å². The second-order valence-corrected chi connectivity index (χ2v) is 4.62. The molecule has 5 saturated carbocycles. The average molecular weight is 127 g/mol. The Morgan fingerprint density at radius 1 is 1.38 bits per heavy atom. The zero-order valence-electron chi connectivity index (χ0n) is 4.47.